The smallest absolute Gasteiger partial charge is 0.278 e. The van der Waals surface area contributed by atoms with Crippen molar-refractivity contribution in [2.24, 2.45) is 0 Å². The highest BCUT2D eigenvalue weighted by Crippen LogP contribution is 2.34. The van der Waals surface area contributed by atoms with Gasteiger partial charge in [-0.25, -0.2) is 10.1 Å². The first-order valence-electron chi connectivity index (χ1n) is 7.92. The largest absolute Gasteiger partial charge is 0.290 e. The van der Waals surface area contributed by atoms with E-state index in [2.05, 4.69) is 31.1 Å². The Balaban J connectivity index is 1.86. The number of thiazole rings is 1. The van der Waals surface area contributed by atoms with Crippen molar-refractivity contribution in [3.05, 3.63) is 75.6 Å². The van der Waals surface area contributed by atoms with Crippen molar-refractivity contribution >= 4 is 42.4 Å². The molecule has 1 N–H and O–H groups in total. The first-order valence-corrected chi connectivity index (χ1v) is 9.53. The van der Waals surface area contributed by atoms with Gasteiger partial charge in [-0.3, -0.25) is 9.20 Å². The summed E-state index contributed by atoms with van der Waals surface area (Å²) in [7, 11) is 0. The van der Waals surface area contributed by atoms with Gasteiger partial charge in [0.25, 0.3) is 5.56 Å². The first-order chi connectivity index (χ1) is 12.7. The van der Waals surface area contributed by atoms with Gasteiger partial charge in [-0.2, -0.15) is 5.10 Å². The molecule has 3 heterocycles. The topological polar surface area (TPSA) is 63.0 Å². The van der Waals surface area contributed by atoms with Crippen LogP contribution in [0.25, 0.3) is 37.7 Å². The third-order valence-electron chi connectivity index (χ3n) is 4.25. The third kappa shape index (κ3) is 2.32. The van der Waals surface area contributed by atoms with Crippen molar-refractivity contribution in [1.29, 1.82) is 0 Å². The van der Waals surface area contributed by atoms with E-state index >= 15 is 0 Å². The summed E-state index contributed by atoms with van der Waals surface area (Å²) in [6, 6.07) is 17.8. The summed E-state index contributed by atoms with van der Waals surface area (Å²) in [5.41, 5.74) is 3.96. The molecule has 126 valence electrons. The molecule has 5 nitrogen and oxygen atoms in total. The maximum absolute atomic E-state index is 12.6. The van der Waals surface area contributed by atoms with Crippen LogP contribution in [0, 0.1) is 0 Å². The predicted molar refractivity (Wildman–Crippen MR) is 108 cm³/mol. The molecule has 5 aromatic rings. The van der Waals surface area contributed by atoms with Crippen molar-refractivity contribution in [2.75, 3.05) is 0 Å². The summed E-state index contributed by atoms with van der Waals surface area (Å²) in [5, 5.41) is 6.93. The Bertz CT molecular complexity index is 1300. The third-order valence-corrected chi connectivity index (χ3v) is 5.84. The maximum Gasteiger partial charge on any atom is 0.290 e. The van der Waals surface area contributed by atoms with Crippen molar-refractivity contribution < 1.29 is 0 Å². The van der Waals surface area contributed by atoms with E-state index in [0.29, 0.717) is 5.52 Å². The molecular weight excluding hydrogens is 412 g/mol. The molecule has 0 aliphatic carbocycles. The molecule has 26 heavy (non-hydrogen) atoms. The van der Waals surface area contributed by atoms with Gasteiger partial charge in [0.1, 0.15) is 11.2 Å². The summed E-state index contributed by atoms with van der Waals surface area (Å²) in [5.74, 6) is 0. The SMILES string of the molecule is O=c1[nH]nc(-c2ccccc2)c2sc3ncc(-c4ccc(Br)cc4)n3c12. The summed E-state index contributed by atoms with van der Waals surface area (Å²) in [6.45, 7) is 0. The number of halogens is 1. The van der Waals surface area contributed by atoms with Gasteiger partial charge in [-0.1, -0.05) is 69.7 Å². The standard InChI is InChI=1S/C19H11BrN4OS/c20-13-8-6-11(7-9-13)14-10-21-19-24(14)16-17(26-19)15(22-23-18(16)25)12-4-2-1-3-5-12/h1-10H,(H,23,25). The van der Waals surface area contributed by atoms with Crippen molar-refractivity contribution in [3.63, 3.8) is 0 Å². The van der Waals surface area contributed by atoms with E-state index in [1.54, 1.807) is 6.20 Å². The molecule has 0 aliphatic rings. The number of hydrogen-bond acceptors (Lipinski definition) is 4. The zero-order valence-corrected chi connectivity index (χ0v) is 15.7. The van der Waals surface area contributed by atoms with E-state index in [-0.39, 0.29) is 5.56 Å². The summed E-state index contributed by atoms with van der Waals surface area (Å²) < 4.78 is 3.75. The second-order valence-electron chi connectivity index (χ2n) is 5.82. The lowest BCUT2D eigenvalue weighted by atomic mass is 10.1. The lowest BCUT2D eigenvalue weighted by Gasteiger charge is -2.03. The molecule has 0 amide bonds. The molecule has 0 bridgehead atoms. The van der Waals surface area contributed by atoms with Crippen LogP contribution in [0.5, 0.6) is 0 Å². The number of hydrogen-bond donors (Lipinski definition) is 1. The van der Waals surface area contributed by atoms with E-state index in [1.807, 2.05) is 59.0 Å². The van der Waals surface area contributed by atoms with Gasteiger partial charge in [-0.15, -0.1) is 0 Å². The summed E-state index contributed by atoms with van der Waals surface area (Å²) in [6.07, 6.45) is 1.80. The van der Waals surface area contributed by atoms with Crippen molar-refractivity contribution in [1.82, 2.24) is 19.6 Å². The molecule has 0 fully saturated rings. The van der Waals surface area contributed by atoms with Gasteiger partial charge in [0.05, 0.1) is 16.6 Å². The molecule has 3 aromatic heterocycles. The minimum Gasteiger partial charge on any atom is -0.278 e. The number of benzene rings is 2. The van der Waals surface area contributed by atoms with Crippen LogP contribution in [0.1, 0.15) is 0 Å². The minimum atomic E-state index is -0.220. The van der Waals surface area contributed by atoms with E-state index in [0.717, 1.165) is 36.6 Å². The number of imidazole rings is 1. The van der Waals surface area contributed by atoms with Gasteiger partial charge >= 0.3 is 0 Å². The van der Waals surface area contributed by atoms with Crippen LogP contribution in [0.2, 0.25) is 0 Å². The number of nitrogens with zero attached hydrogens (tertiary/aromatic N) is 3. The molecule has 0 saturated carbocycles. The fourth-order valence-electron chi connectivity index (χ4n) is 3.06. The molecular formula is C19H11BrN4OS. The Kier molecular flexibility index (Phi) is 3.51. The molecule has 7 heteroatoms. The number of aromatic nitrogens is 4. The Morgan fingerprint density at radius 1 is 1.00 bits per heavy atom. The van der Waals surface area contributed by atoms with Crippen LogP contribution in [0.3, 0.4) is 0 Å². The van der Waals surface area contributed by atoms with Gasteiger partial charge in [0, 0.05) is 15.6 Å². The van der Waals surface area contributed by atoms with Crippen LogP contribution in [0.15, 0.2) is 70.1 Å². The van der Waals surface area contributed by atoms with Gasteiger partial charge in [0.2, 0.25) is 0 Å². The Labute approximate surface area is 160 Å². The highest BCUT2D eigenvalue weighted by Gasteiger charge is 2.19. The molecule has 5 rings (SSSR count). The molecule has 2 aromatic carbocycles. The average Bonchev–Trinajstić information content (AvgIpc) is 3.23. The number of nitrogens with one attached hydrogen (secondary N) is 1. The molecule has 0 spiro atoms. The van der Waals surface area contributed by atoms with Crippen molar-refractivity contribution in [2.45, 2.75) is 0 Å². The van der Waals surface area contributed by atoms with Crippen LogP contribution in [-0.2, 0) is 0 Å². The predicted octanol–water partition coefficient (Wildman–Crippen LogP) is 4.73. The average molecular weight is 423 g/mol. The molecule has 0 saturated heterocycles. The Hall–Kier alpha value is -2.77. The van der Waals surface area contributed by atoms with E-state index in [4.69, 9.17) is 0 Å². The minimum absolute atomic E-state index is 0.220. The van der Waals surface area contributed by atoms with Gasteiger partial charge < -0.3 is 0 Å². The quantitative estimate of drug-likeness (QED) is 0.447. The molecule has 0 radical (unpaired) electrons. The fourth-order valence-corrected chi connectivity index (χ4v) is 4.43. The van der Waals surface area contributed by atoms with E-state index < -0.39 is 0 Å². The molecule has 0 atom stereocenters. The normalized spacial score (nSPS) is 11.4. The molecule has 0 unspecified atom stereocenters. The Morgan fingerprint density at radius 2 is 1.77 bits per heavy atom. The van der Waals surface area contributed by atoms with E-state index in [9.17, 15) is 4.79 Å². The van der Waals surface area contributed by atoms with E-state index in [1.165, 1.54) is 11.3 Å². The fraction of sp³-hybridized carbons (Fsp3) is 0. The summed E-state index contributed by atoms with van der Waals surface area (Å²) >= 11 is 4.93. The molecule has 0 aliphatic heterocycles. The number of aromatic amines is 1. The van der Waals surface area contributed by atoms with Crippen LogP contribution in [0.4, 0.5) is 0 Å². The zero-order valence-electron chi connectivity index (χ0n) is 13.3. The second-order valence-corrected chi connectivity index (χ2v) is 7.71. The van der Waals surface area contributed by atoms with Gasteiger partial charge in [-0.05, 0) is 12.1 Å². The van der Waals surface area contributed by atoms with Crippen LogP contribution in [-0.4, -0.2) is 19.6 Å². The number of rotatable bonds is 2. The number of fused-ring (bicyclic) bond motifs is 3. The maximum atomic E-state index is 12.6. The Morgan fingerprint density at radius 3 is 2.54 bits per heavy atom. The highest BCUT2D eigenvalue weighted by molar-refractivity contribution is 9.10. The van der Waals surface area contributed by atoms with Crippen LogP contribution >= 0.6 is 27.3 Å². The zero-order chi connectivity index (χ0) is 17.7. The highest BCUT2D eigenvalue weighted by atomic mass is 79.9. The summed E-state index contributed by atoms with van der Waals surface area (Å²) in [4.78, 5) is 17.9. The van der Waals surface area contributed by atoms with Crippen molar-refractivity contribution in [3.8, 4) is 22.5 Å². The number of H-pyrrole nitrogens is 1. The first kappa shape index (κ1) is 15.5. The lowest BCUT2D eigenvalue weighted by molar-refractivity contribution is 1.01. The second kappa shape index (κ2) is 5.89. The van der Waals surface area contributed by atoms with Gasteiger partial charge in [0.15, 0.2) is 4.96 Å². The monoisotopic (exact) mass is 422 g/mol. The van der Waals surface area contributed by atoms with Crippen LogP contribution < -0.4 is 5.56 Å². The lowest BCUT2D eigenvalue weighted by Crippen LogP contribution is -2.11.